The van der Waals surface area contributed by atoms with Crippen molar-refractivity contribution in [3.05, 3.63) is 89.1 Å². The van der Waals surface area contributed by atoms with Crippen molar-refractivity contribution in [2.45, 2.75) is 5.92 Å². The van der Waals surface area contributed by atoms with Gasteiger partial charge in [0.2, 0.25) is 12.7 Å². The molecule has 148 valence electrons. The van der Waals surface area contributed by atoms with Crippen LogP contribution in [0.5, 0.6) is 28.7 Å². The molecular weight excluding hydrogens is 387 g/mol. The monoisotopic (exact) mass is 402 g/mol. The summed E-state index contributed by atoms with van der Waals surface area (Å²) in [5, 5.41) is 9.74. The highest BCUT2D eigenvalue weighted by Gasteiger charge is 2.33. The standard InChI is InChI=1S/C23H15FN2O4/c24-17-7-6-13(8-19(17)29-14-4-2-1-3-5-14)22-15-9-20-21(28-12-27-20)10-18(15)30-23(26)16(22)11-25/h1-10,22H,12,26H2/t22-/m1/s1. The number of halogens is 1. The van der Waals surface area contributed by atoms with Gasteiger partial charge in [-0.15, -0.1) is 0 Å². The average Bonchev–Trinajstić information content (AvgIpc) is 3.21. The molecule has 0 saturated carbocycles. The molecule has 0 amide bonds. The Morgan fingerprint density at radius 3 is 2.53 bits per heavy atom. The molecule has 1 atom stereocenters. The van der Waals surface area contributed by atoms with Gasteiger partial charge >= 0.3 is 0 Å². The Hall–Kier alpha value is -4.18. The van der Waals surface area contributed by atoms with E-state index in [-0.39, 0.29) is 24.0 Å². The number of nitrogens with zero attached hydrogens (tertiary/aromatic N) is 1. The van der Waals surface area contributed by atoms with Crippen LogP contribution in [0.25, 0.3) is 0 Å². The smallest absolute Gasteiger partial charge is 0.231 e. The van der Waals surface area contributed by atoms with E-state index in [9.17, 15) is 9.65 Å². The summed E-state index contributed by atoms with van der Waals surface area (Å²) in [6.07, 6.45) is 0. The first-order valence-electron chi connectivity index (χ1n) is 9.17. The molecular formula is C23H15FN2O4. The molecule has 0 saturated heterocycles. The van der Waals surface area contributed by atoms with Crippen molar-refractivity contribution < 1.29 is 23.3 Å². The zero-order valence-corrected chi connectivity index (χ0v) is 15.6. The largest absolute Gasteiger partial charge is 0.454 e. The van der Waals surface area contributed by atoms with E-state index in [4.69, 9.17) is 24.7 Å². The summed E-state index contributed by atoms with van der Waals surface area (Å²) in [6.45, 7) is 0.0997. The molecule has 2 aliphatic heterocycles. The maximum atomic E-state index is 14.5. The first-order valence-corrected chi connectivity index (χ1v) is 9.17. The van der Waals surface area contributed by atoms with E-state index in [1.54, 1.807) is 48.5 Å². The highest BCUT2D eigenvalue weighted by molar-refractivity contribution is 5.61. The van der Waals surface area contributed by atoms with Gasteiger partial charge in [-0.3, -0.25) is 0 Å². The van der Waals surface area contributed by atoms with Crippen LogP contribution < -0.4 is 24.7 Å². The second-order valence-corrected chi connectivity index (χ2v) is 6.77. The zero-order valence-electron chi connectivity index (χ0n) is 15.6. The molecule has 0 unspecified atom stereocenters. The second-order valence-electron chi connectivity index (χ2n) is 6.77. The fourth-order valence-electron chi connectivity index (χ4n) is 3.58. The van der Waals surface area contributed by atoms with Crippen molar-refractivity contribution in [3.8, 4) is 34.8 Å². The predicted octanol–water partition coefficient (Wildman–Crippen LogP) is 4.56. The fraction of sp³-hybridized carbons (Fsp3) is 0.0870. The number of rotatable bonds is 3. The van der Waals surface area contributed by atoms with E-state index in [0.717, 1.165) is 0 Å². The van der Waals surface area contributed by atoms with Crippen LogP contribution in [0.4, 0.5) is 4.39 Å². The SMILES string of the molecule is N#CC1=C(N)Oc2cc3c(cc2[C@H]1c1ccc(F)c(Oc2ccccc2)c1)OCO3. The molecule has 0 radical (unpaired) electrons. The summed E-state index contributed by atoms with van der Waals surface area (Å²) in [5.41, 5.74) is 7.55. The number of para-hydroxylation sites is 1. The predicted molar refractivity (Wildman–Crippen MR) is 105 cm³/mol. The van der Waals surface area contributed by atoms with Crippen molar-refractivity contribution >= 4 is 0 Å². The molecule has 2 heterocycles. The maximum absolute atomic E-state index is 14.5. The molecule has 0 aromatic heterocycles. The number of allylic oxidation sites excluding steroid dienone is 1. The van der Waals surface area contributed by atoms with Crippen molar-refractivity contribution in [2.75, 3.05) is 6.79 Å². The Morgan fingerprint density at radius 1 is 1.00 bits per heavy atom. The third kappa shape index (κ3) is 2.95. The normalized spacial score (nSPS) is 16.5. The van der Waals surface area contributed by atoms with Crippen molar-refractivity contribution in [1.82, 2.24) is 0 Å². The van der Waals surface area contributed by atoms with Gasteiger partial charge in [-0.1, -0.05) is 24.3 Å². The summed E-state index contributed by atoms with van der Waals surface area (Å²) < 4.78 is 36.7. The first-order chi connectivity index (χ1) is 14.6. The highest BCUT2D eigenvalue weighted by Crippen LogP contribution is 2.48. The van der Waals surface area contributed by atoms with Crippen LogP contribution >= 0.6 is 0 Å². The zero-order chi connectivity index (χ0) is 20.7. The van der Waals surface area contributed by atoms with Gasteiger partial charge in [-0.25, -0.2) is 4.39 Å². The highest BCUT2D eigenvalue weighted by atomic mass is 19.1. The molecule has 2 N–H and O–H groups in total. The van der Waals surface area contributed by atoms with Gasteiger partial charge in [0, 0.05) is 11.6 Å². The van der Waals surface area contributed by atoms with Gasteiger partial charge in [-0.2, -0.15) is 5.26 Å². The van der Waals surface area contributed by atoms with E-state index in [1.165, 1.54) is 6.07 Å². The van der Waals surface area contributed by atoms with Gasteiger partial charge < -0.3 is 24.7 Å². The van der Waals surface area contributed by atoms with Crippen molar-refractivity contribution in [2.24, 2.45) is 5.73 Å². The van der Waals surface area contributed by atoms with Crippen molar-refractivity contribution in [3.63, 3.8) is 0 Å². The molecule has 3 aromatic carbocycles. The minimum Gasteiger partial charge on any atom is -0.454 e. The molecule has 0 bridgehead atoms. The van der Waals surface area contributed by atoms with Crippen LogP contribution in [-0.2, 0) is 0 Å². The number of ether oxygens (including phenoxy) is 4. The summed E-state index contributed by atoms with van der Waals surface area (Å²) in [4.78, 5) is 0. The lowest BCUT2D eigenvalue weighted by molar-refractivity contribution is 0.174. The number of nitriles is 1. The minimum absolute atomic E-state index is 0.0104. The Morgan fingerprint density at radius 2 is 1.77 bits per heavy atom. The van der Waals surface area contributed by atoms with E-state index < -0.39 is 11.7 Å². The molecule has 0 fully saturated rings. The quantitative estimate of drug-likeness (QED) is 0.691. The fourth-order valence-corrected chi connectivity index (χ4v) is 3.58. The number of hydrogen-bond acceptors (Lipinski definition) is 6. The molecule has 3 aromatic rings. The number of hydrogen-bond donors (Lipinski definition) is 1. The Labute approximate surface area is 171 Å². The van der Waals surface area contributed by atoms with E-state index in [1.807, 2.05) is 6.07 Å². The van der Waals surface area contributed by atoms with Crippen molar-refractivity contribution in [1.29, 1.82) is 5.26 Å². The molecule has 0 spiro atoms. The van der Waals surface area contributed by atoms with E-state index >= 15 is 0 Å². The van der Waals surface area contributed by atoms with E-state index in [2.05, 4.69) is 6.07 Å². The Kier molecular flexibility index (Phi) is 4.18. The second kappa shape index (κ2) is 7.01. The molecule has 5 rings (SSSR count). The van der Waals surface area contributed by atoms with Gasteiger partial charge in [0.25, 0.3) is 0 Å². The van der Waals surface area contributed by atoms with Crippen LogP contribution in [0, 0.1) is 17.1 Å². The van der Waals surface area contributed by atoms with Gasteiger partial charge in [0.1, 0.15) is 23.1 Å². The van der Waals surface area contributed by atoms with Crippen LogP contribution in [0.1, 0.15) is 17.0 Å². The molecule has 30 heavy (non-hydrogen) atoms. The summed E-state index contributed by atoms with van der Waals surface area (Å²) in [5.74, 6) is 0.974. The lowest BCUT2D eigenvalue weighted by Gasteiger charge is -2.27. The van der Waals surface area contributed by atoms with Crippen LogP contribution in [0.15, 0.2) is 72.1 Å². The topological polar surface area (TPSA) is 86.7 Å². The van der Waals surface area contributed by atoms with Crippen LogP contribution in [0.2, 0.25) is 0 Å². The summed E-state index contributed by atoms with van der Waals surface area (Å²) in [7, 11) is 0. The number of nitrogens with two attached hydrogens (primary N) is 1. The Balaban J connectivity index is 1.62. The average molecular weight is 402 g/mol. The number of benzene rings is 3. The maximum Gasteiger partial charge on any atom is 0.231 e. The van der Waals surface area contributed by atoms with E-state index in [0.29, 0.717) is 34.1 Å². The minimum atomic E-state index is -0.577. The first kappa shape index (κ1) is 17.9. The molecule has 2 aliphatic rings. The summed E-state index contributed by atoms with van der Waals surface area (Å²) >= 11 is 0. The number of fused-ring (bicyclic) bond motifs is 2. The molecule has 6 nitrogen and oxygen atoms in total. The molecule has 0 aliphatic carbocycles. The third-order valence-electron chi connectivity index (χ3n) is 4.97. The van der Waals surface area contributed by atoms with Gasteiger partial charge in [0.15, 0.2) is 23.1 Å². The van der Waals surface area contributed by atoms with Gasteiger partial charge in [0.05, 0.1) is 5.92 Å². The molecule has 7 heteroatoms. The third-order valence-corrected chi connectivity index (χ3v) is 4.97. The lowest BCUT2D eigenvalue weighted by atomic mass is 9.83. The van der Waals surface area contributed by atoms with Gasteiger partial charge in [-0.05, 0) is 35.9 Å². The summed E-state index contributed by atoms with van der Waals surface area (Å²) in [6, 6.07) is 18.9. The lowest BCUT2D eigenvalue weighted by Crippen LogP contribution is -2.21. The Bertz CT molecular complexity index is 1220. The van der Waals surface area contributed by atoms with Crippen LogP contribution in [-0.4, -0.2) is 6.79 Å². The van der Waals surface area contributed by atoms with Crippen LogP contribution in [0.3, 0.4) is 0 Å².